The first-order valence-corrected chi connectivity index (χ1v) is 4.81. The Bertz CT molecular complexity index is 341. The molecular weight excluding hydrogens is 257 g/mol. The van der Waals surface area contributed by atoms with Crippen LogP contribution in [0.15, 0.2) is 48.5 Å². The van der Waals surface area contributed by atoms with Gasteiger partial charge in [0.25, 0.3) is 0 Å². The first-order valence-electron chi connectivity index (χ1n) is 4.81. The van der Waals surface area contributed by atoms with E-state index < -0.39 is 0 Å². The minimum Gasteiger partial charge on any atom is -0.180 e. The Labute approximate surface area is 117 Å². The van der Waals surface area contributed by atoms with Gasteiger partial charge in [0.1, 0.15) is 0 Å². The normalized spacial score (nSPS) is 9.73. The van der Waals surface area contributed by atoms with Crippen LogP contribution in [0.1, 0.15) is 24.0 Å². The fourth-order valence-electron chi connectivity index (χ4n) is 1.52. The average molecular weight is 269 g/mol. The van der Waals surface area contributed by atoms with Gasteiger partial charge in [-0.25, -0.2) is 0 Å². The van der Waals surface area contributed by atoms with E-state index in [0.29, 0.717) is 5.92 Å². The topological polar surface area (TPSA) is 0 Å². The summed E-state index contributed by atoms with van der Waals surface area (Å²) in [7, 11) is 0. The zero-order valence-corrected chi connectivity index (χ0v) is 11.6. The Kier molecular flexibility index (Phi) is 5.21. The summed E-state index contributed by atoms with van der Waals surface area (Å²) >= 11 is 0. The third kappa shape index (κ3) is 3.26. The van der Waals surface area contributed by atoms with E-state index in [0.717, 1.165) is 0 Å². The van der Waals surface area contributed by atoms with Crippen molar-refractivity contribution in [1.29, 1.82) is 0 Å². The molecule has 0 heterocycles. The molecule has 2 rings (SSSR count). The summed E-state index contributed by atoms with van der Waals surface area (Å²) < 4.78 is 0. The number of benzene rings is 2. The van der Waals surface area contributed by atoms with Gasteiger partial charge in [0.15, 0.2) is 0 Å². The van der Waals surface area contributed by atoms with Crippen molar-refractivity contribution >= 4 is 0 Å². The molecule has 2 aromatic carbocycles. The molecule has 2 aromatic rings. The van der Waals surface area contributed by atoms with E-state index >= 15 is 0 Å². The van der Waals surface area contributed by atoms with Crippen molar-refractivity contribution in [1.82, 2.24) is 0 Å². The van der Waals surface area contributed by atoms with Crippen molar-refractivity contribution < 1.29 is 32.7 Å². The van der Waals surface area contributed by atoms with Gasteiger partial charge in [0, 0.05) is 32.7 Å². The van der Waals surface area contributed by atoms with Crippen molar-refractivity contribution in [3.63, 3.8) is 0 Å². The molecule has 1 radical (unpaired) electrons. The molecule has 0 aromatic heterocycles. The van der Waals surface area contributed by atoms with Gasteiger partial charge in [0.2, 0.25) is 0 Å². The van der Waals surface area contributed by atoms with Crippen molar-refractivity contribution in [2.75, 3.05) is 0 Å². The van der Waals surface area contributed by atoms with Crippen LogP contribution in [-0.4, -0.2) is 0 Å². The maximum absolute atomic E-state index is 3.25. The van der Waals surface area contributed by atoms with Gasteiger partial charge in [-0.05, 0) is 5.92 Å². The molecule has 0 fully saturated rings. The van der Waals surface area contributed by atoms with Gasteiger partial charge >= 0.3 is 0 Å². The van der Waals surface area contributed by atoms with Crippen LogP contribution in [0.25, 0.3) is 0 Å². The molecular formula is C14H12Y-2. The van der Waals surface area contributed by atoms with E-state index in [1.165, 1.54) is 11.1 Å². The molecule has 0 atom stereocenters. The van der Waals surface area contributed by atoms with Crippen molar-refractivity contribution in [2.24, 2.45) is 0 Å². The first-order chi connectivity index (χ1) is 6.88. The van der Waals surface area contributed by atoms with E-state index in [2.05, 4.69) is 31.2 Å². The summed E-state index contributed by atoms with van der Waals surface area (Å²) in [4.78, 5) is 0. The van der Waals surface area contributed by atoms with Gasteiger partial charge in [-0.15, -0.1) is 0 Å². The molecule has 0 spiro atoms. The second-order valence-electron chi connectivity index (χ2n) is 3.36. The quantitative estimate of drug-likeness (QED) is 0.733. The SMILES string of the molecule is CC(c1[c-]cccc1)c1[c-]cccc1.[Y]. The van der Waals surface area contributed by atoms with Crippen LogP contribution in [-0.2, 0) is 32.7 Å². The van der Waals surface area contributed by atoms with Crippen LogP contribution in [0.5, 0.6) is 0 Å². The van der Waals surface area contributed by atoms with E-state index in [4.69, 9.17) is 0 Å². The molecule has 0 bridgehead atoms. The maximum Gasteiger partial charge on any atom is 0 e. The monoisotopic (exact) mass is 269 g/mol. The Morgan fingerprint density at radius 1 is 0.867 bits per heavy atom. The van der Waals surface area contributed by atoms with E-state index in [1.54, 1.807) is 0 Å². The molecule has 0 aliphatic carbocycles. The third-order valence-corrected chi connectivity index (χ3v) is 2.40. The van der Waals surface area contributed by atoms with E-state index in [9.17, 15) is 0 Å². The van der Waals surface area contributed by atoms with Crippen LogP contribution < -0.4 is 0 Å². The fourth-order valence-corrected chi connectivity index (χ4v) is 1.52. The second-order valence-corrected chi connectivity index (χ2v) is 3.36. The molecule has 1 heteroatoms. The standard InChI is InChI=1S/C14H12.Y/c1-12(13-8-4-2-5-9-13)14-10-6-3-7-11-14;/h2-8,10,12H,1H3;/q-2;. The van der Waals surface area contributed by atoms with Crippen LogP contribution in [0, 0.1) is 12.1 Å². The molecule has 0 saturated heterocycles. The molecule has 15 heavy (non-hydrogen) atoms. The van der Waals surface area contributed by atoms with Crippen molar-refractivity contribution in [3.05, 3.63) is 71.8 Å². The Morgan fingerprint density at radius 3 is 1.67 bits per heavy atom. The molecule has 0 saturated carbocycles. The molecule has 0 nitrogen and oxygen atoms in total. The minimum atomic E-state index is 0. The average Bonchev–Trinajstić information content (AvgIpc) is 2.30. The number of hydrogen-bond donors (Lipinski definition) is 0. The predicted octanol–water partition coefficient (Wildman–Crippen LogP) is 3.44. The minimum absolute atomic E-state index is 0. The predicted molar refractivity (Wildman–Crippen MR) is 58.1 cm³/mol. The smallest absolute Gasteiger partial charge is 0 e. The van der Waals surface area contributed by atoms with Crippen LogP contribution >= 0.6 is 0 Å². The molecule has 0 N–H and O–H groups in total. The van der Waals surface area contributed by atoms with Crippen molar-refractivity contribution in [2.45, 2.75) is 12.8 Å². The van der Waals surface area contributed by atoms with Gasteiger partial charge < -0.3 is 0 Å². The fraction of sp³-hybridized carbons (Fsp3) is 0.143. The van der Waals surface area contributed by atoms with Crippen LogP contribution in [0.3, 0.4) is 0 Å². The summed E-state index contributed by atoms with van der Waals surface area (Å²) in [5.74, 6) is 0.373. The first kappa shape index (κ1) is 12.6. The van der Waals surface area contributed by atoms with Gasteiger partial charge in [0.05, 0.1) is 0 Å². The number of rotatable bonds is 2. The number of hydrogen-bond acceptors (Lipinski definition) is 0. The Balaban J connectivity index is 0.00000112. The largest absolute Gasteiger partial charge is 0.180 e. The summed E-state index contributed by atoms with van der Waals surface area (Å²) in [5, 5.41) is 0. The summed E-state index contributed by atoms with van der Waals surface area (Å²) in [6, 6.07) is 22.7. The Hall–Kier alpha value is -0.456. The van der Waals surface area contributed by atoms with Gasteiger partial charge in [-0.2, -0.15) is 71.8 Å². The van der Waals surface area contributed by atoms with Crippen LogP contribution in [0.2, 0.25) is 0 Å². The molecule has 0 aliphatic heterocycles. The van der Waals surface area contributed by atoms with Gasteiger partial charge in [-0.1, -0.05) is 6.92 Å². The zero-order chi connectivity index (χ0) is 9.80. The summed E-state index contributed by atoms with van der Waals surface area (Å²) in [6.45, 7) is 2.18. The summed E-state index contributed by atoms with van der Waals surface area (Å²) in [5.41, 5.74) is 2.44. The van der Waals surface area contributed by atoms with E-state index in [-0.39, 0.29) is 32.7 Å². The van der Waals surface area contributed by atoms with Gasteiger partial charge in [-0.3, -0.25) is 0 Å². The molecule has 73 valence electrons. The van der Waals surface area contributed by atoms with Crippen LogP contribution in [0.4, 0.5) is 0 Å². The third-order valence-electron chi connectivity index (χ3n) is 2.40. The second kappa shape index (κ2) is 6.20. The maximum atomic E-state index is 3.25. The Morgan fingerprint density at radius 2 is 1.33 bits per heavy atom. The molecule has 0 aliphatic rings. The zero-order valence-electron chi connectivity index (χ0n) is 8.77. The molecule has 0 amide bonds. The van der Waals surface area contributed by atoms with E-state index in [1.807, 2.05) is 36.4 Å². The summed E-state index contributed by atoms with van der Waals surface area (Å²) in [6.07, 6.45) is 0. The molecule has 0 unspecified atom stereocenters. The van der Waals surface area contributed by atoms with Crippen molar-refractivity contribution in [3.8, 4) is 0 Å².